The minimum atomic E-state index is -0.0448. The van der Waals surface area contributed by atoms with Gasteiger partial charge in [0.05, 0.1) is 18.2 Å². The fourth-order valence-electron chi connectivity index (χ4n) is 2.51. The molecule has 122 valence electrons. The SMILES string of the molecule is Cc1ccccc1[C@H](C)NC(=O)Cc1csc(-c2ncccn2)n1. The Balaban J connectivity index is 1.63. The molecule has 24 heavy (non-hydrogen) atoms. The van der Waals surface area contributed by atoms with Crippen molar-refractivity contribution < 1.29 is 4.79 Å². The van der Waals surface area contributed by atoms with Crippen LogP contribution in [0.25, 0.3) is 10.8 Å². The molecular weight excluding hydrogens is 320 g/mol. The molecular formula is C18H18N4OS. The van der Waals surface area contributed by atoms with Crippen LogP contribution in [0.4, 0.5) is 0 Å². The monoisotopic (exact) mass is 338 g/mol. The Labute approximate surface area is 144 Å². The van der Waals surface area contributed by atoms with Crippen molar-refractivity contribution in [3.8, 4) is 10.8 Å². The minimum absolute atomic E-state index is 0.0331. The molecule has 2 aromatic heterocycles. The second-order valence-electron chi connectivity index (χ2n) is 5.54. The van der Waals surface area contributed by atoms with E-state index >= 15 is 0 Å². The number of nitrogens with one attached hydrogen (secondary N) is 1. The number of carbonyl (C=O) groups excluding carboxylic acids is 1. The first-order valence-corrected chi connectivity index (χ1v) is 8.58. The summed E-state index contributed by atoms with van der Waals surface area (Å²) in [5.74, 6) is 0.541. The van der Waals surface area contributed by atoms with Crippen molar-refractivity contribution in [3.05, 3.63) is 64.9 Å². The van der Waals surface area contributed by atoms with E-state index in [1.807, 2.05) is 43.5 Å². The zero-order chi connectivity index (χ0) is 16.9. The standard InChI is InChI=1S/C18H18N4OS/c1-12-6-3-4-7-15(12)13(2)21-16(23)10-14-11-24-18(22-14)17-19-8-5-9-20-17/h3-9,11,13H,10H2,1-2H3,(H,21,23)/t13-/m0/s1. The minimum Gasteiger partial charge on any atom is -0.349 e. The lowest BCUT2D eigenvalue weighted by Crippen LogP contribution is -2.28. The second kappa shape index (κ2) is 7.31. The van der Waals surface area contributed by atoms with Gasteiger partial charge in [0.1, 0.15) is 0 Å². The van der Waals surface area contributed by atoms with Crippen LogP contribution in [0.2, 0.25) is 0 Å². The fraction of sp³-hybridized carbons (Fsp3) is 0.222. The number of benzene rings is 1. The Morgan fingerprint density at radius 2 is 1.96 bits per heavy atom. The lowest BCUT2D eigenvalue weighted by Gasteiger charge is -2.16. The number of thiazole rings is 1. The molecule has 1 aromatic carbocycles. The fourth-order valence-corrected chi connectivity index (χ4v) is 3.27. The van der Waals surface area contributed by atoms with Gasteiger partial charge in [-0.05, 0) is 31.0 Å². The van der Waals surface area contributed by atoms with E-state index in [-0.39, 0.29) is 18.4 Å². The van der Waals surface area contributed by atoms with Crippen molar-refractivity contribution in [2.24, 2.45) is 0 Å². The van der Waals surface area contributed by atoms with Gasteiger partial charge < -0.3 is 5.32 Å². The summed E-state index contributed by atoms with van der Waals surface area (Å²) < 4.78 is 0. The van der Waals surface area contributed by atoms with Crippen LogP contribution in [-0.2, 0) is 11.2 Å². The van der Waals surface area contributed by atoms with Crippen LogP contribution in [0, 0.1) is 6.92 Å². The molecule has 0 bridgehead atoms. The lowest BCUT2D eigenvalue weighted by atomic mass is 10.0. The van der Waals surface area contributed by atoms with Crippen LogP contribution in [0.1, 0.15) is 29.8 Å². The Bertz CT molecular complexity index is 832. The average Bonchev–Trinajstić information content (AvgIpc) is 3.04. The smallest absolute Gasteiger partial charge is 0.226 e. The van der Waals surface area contributed by atoms with Gasteiger partial charge in [0, 0.05) is 17.8 Å². The Morgan fingerprint density at radius 3 is 2.71 bits per heavy atom. The Kier molecular flexibility index (Phi) is 4.96. The third-order valence-corrected chi connectivity index (χ3v) is 4.57. The molecule has 0 saturated heterocycles. The molecule has 1 N–H and O–H groups in total. The number of rotatable bonds is 5. The molecule has 1 amide bonds. The number of hydrogen-bond donors (Lipinski definition) is 1. The maximum atomic E-state index is 12.3. The maximum Gasteiger partial charge on any atom is 0.226 e. The van der Waals surface area contributed by atoms with Gasteiger partial charge >= 0.3 is 0 Å². The van der Waals surface area contributed by atoms with E-state index in [1.54, 1.807) is 18.5 Å². The van der Waals surface area contributed by atoms with E-state index in [1.165, 1.54) is 16.9 Å². The number of aromatic nitrogens is 3. The predicted molar refractivity (Wildman–Crippen MR) is 94.6 cm³/mol. The maximum absolute atomic E-state index is 12.3. The van der Waals surface area contributed by atoms with Crippen LogP contribution in [0.5, 0.6) is 0 Å². The molecule has 0 unspecified atom stereocenters. The number of nitrogens with zero attached hydrogens (tertiary/aromatic N) is 3. The molecule has 5 nitrogen and oxygen atoms in total. The molecule has 0 radical (unpaired) electrons. The summed E-state index contributed by atoms with van der Waals surface area (Å²) in [5, 5.41) is 5.63. The quantitative estimate of drug-likeness (QED) is 0.775. The van der Waals surface area contributed by atoms with Gasteiger partial charge in [-0.2, -0.15) is 0 Å². The summed E-state index contributed by atoms with van der Waals surface area (Å²) in [6.07, 6.45) is 3.61. The molecule has 0 aliphatic rings. The highest BCUT2D eigenvalue weighted by atomic mass is 32.1. The molecule has 3 rings (SSSR count). The first-order chi connectivity index (χ1) is 11.6. The molecule has 3 aromatic rings. The normalized spacial score (nSPS) is 11.9. The number of aryl methyl sites for hydroxylation is 1. The van der Waals surface area contributed by atoms with Crippen molar-refractivity contribution in [2.45, 2.75) is 26.3 Å². The average molecular weight is 338 g/mol. The van der Waals surface area contributed by atoms with Crippen LogP contribution in [-0.4, -0.2) is 20.9 Å². The van der Waals surface area contributed by atoms with Crippen LogP contribution >= 0.6 is 11.3 Å². The Hall–Kier alpha value is -2.60. The third kappa shape index (κ3) is 3.83. The van der Waals surface area contributed by atoms with Crippen molar-refractivity contribution in [1.82, 2.24) is 20.3 Å². The summed E-state index contributed by atoms with van der Waals surface area (Å²) in [7, 11) is 0. The number of carbonyl (C=O) groups is 1. The van der Waals surface area contributed by atoms with E-state index < -0.39 is 0 Å². The highest BCUT2D eigenvalue weighted by Gasteiger charge is 2.14. The summed E-state index contributed by atoms with van der Waals surface area (Å²) in [6, 6.07) is 9.79. The molecule has 0 saturated carbocycles. The van der Waals surface area contributed by atoms with E-state index in [9.17, 15) is 4.79 Å². The van der Waals surface area contributed by atoms with Crippen LogP contribution < -0.4 is 5.32 Å². The Morgan fingerprint density at radius 1 is 1.21 bits per heavy atom. The van der Waals surface area contributed by atoms with Crippen LogP contribution in [0.3, 0.4) is 0 Å². The summed E-state index contributed by atoms with van der Waals surface area (Å²) in [5.41, 5.74) is 3.03. The van der Waals surface area contributed by atoms with Crippen molar-refractivity contribution in [1.29, 1.82) is 0 Å². The van der Waals surface area contributed by atoms with Gasteiger partial charge in [-0.15, -0.1) is 11.3 Å². The van der Waals surface area contributed by atoms with Gasteiger partial charge in [0.25, 0.3) is 0 Å². The van der Waals surface area contributed by atoms with Crippen LogP contribution in [0.15, 0.2) is 48.1 Å². The molecule has 0 spiro atoms. The zero-order valence-corrected chi connectivity index (χ0v) is 14.4. The summed E-state index contributed by atoms with van der Waals surface area (Å²) >= 11 is 1.45. The zero-order valence-electron chi connectivity index (χ0n) is 13.6. The predicted octanol–water partition coefficient (Wildman–Crippen LogP) is 3.33. The van der Waals surface area contributed by atoms with Gasteiger partial charge in [-0.25, -0.2) is 15.0 Å². The van der Waals surface area contributed by atoms with E-state index in [4.69, 9.17) is 0 Å². The topological polar surface area (TPSA) is 67.8 Å². The molecule has 0 aliphatic heterocycles. The van der Waals surface area contributed by atoms with Gasteiger partial charge in [-0.1, -0.05) is 24.3 Å². The van der Waals surface area contributed by atoms with Gasteiger partial charge in [0.2, 0.25) is 5.91 Å². The van der Waals surface area contributed by atoms with Gasteiger partial charge in [0.15, 0.2) is 10.8 Å². The van der Waals surface area contributed by atoms with Crippen molar-refractivity contribution in [3.63, 3.8) is 0 Å². The summed E-state index contributed by atoms with van der Waals surface area (Å²) in [4.78, 5) is 25.1. The first kappa shape index (κ1) is 16.3. The molecule has 2 heterocycles. The second-order valence-corrected chi connectivity index (χ2v) is 6.40. The van der Waals surface area contributed by atoms with Gasteiger partial charge in [-0.3, -0.25) is 4.79 Å². The highest BCUT2D eigenvalue weighted by molar-refractivity contribution is 7.13. The molecule has 0 fully saturated rings. The largest absolute Gasteiger partial charge is 0.349 e. The van der Waals surface area contributed by atoms with Crippen molar-refractivity contribution >= 4 is 17.2 Å². The van der Waals surface area contributed by atoms with Crippen molar-refractivity contribution in [2.75, 3.05) is 0 Å². The lowest BCUT2D eigenvalue weighted by molar-refractivity contribution is -0.121. The first-order valence-electron chi connectivity index (χ1n) is 7.70. The van der Waals surface area contributed by atoms with E-state index in [2.05, 4.69) is 20.3 Å². The van der Waals surface area contributed by atoms with E-state index in [0.29, 0.717) is 5.82 Å². The number of amides is 1. The molecule has 0 aliphatic carbocycles. The third-order valence-electron chi connectivity index (χ3n) is 3.68. The van der Waals surface area contributed by atoms with E-state index in [0.717, 1.165) is 16.3 Å². The number of hydrogen-bond acceptors (Lipinski definition) is 5. The molecule has 6 heteroatoms. The molecule has 1 atom stereocenters. The highest BCUT2D eigenvalue weighted by Crippen LogP contribution is 2.20. The summed E-state index contributed by atoms with van der Waals surface area (Å²) in [6.45, 7) is 4.04.